The number of rotatable bonds is 5. The van der Waals surface area contributed by atoms with E-state index in [0.717, 1.165) is 34.6 Å². The van der Waals surface area contributed by atoms with Gasteiger partial charge < -0.3 is 9.64 Å². The highest BCUT2D eigenvalue weighted by atomic mass is 79.9. The summed E-state index contributed by atoms with van der Waals surface area (Å²) < 4.78 is 8.42. The van der Waals surface area contributed by atoms with Crippen molar-refractivity contribution < 1.29 is 9.53 Å². The summed E-state index contributed by atoms with van der Waals surface area (Å²) >= 11 is 3.59. The Balaban J connectivity index is 1.66. The smallest absolute Gasteiger partial charge is 0.196 e. The Hall–Kier alpha value is -3.17. The maximum absolute atomic E-state index is 13.9. The van der Waals surface area contributed by atoms with Crippen LogP contribution in [-0.2, 0) is 4.74 Å². The number of ether oxygens (including phenoxy) is 1. The predicted octanol–water partition coefficient (Wildman–Crippen LogP) is 4.89. The Morgan fingerprint density at radius 2 is 2.09 bits per heavy atom. The molecule has 8 nitrogen and oxygen atoms in total. The van der Waals surface area contributed by atoms with E-state index in [9.17, 15) is 4.79 Å². The second-order valence-corrected chi connectivity index (χ2v) is 9.05. The molecule has 1 unspecified atom stereocenters. The lowest BCUT2D eigenvalue weighted by Gasteiger charge is -2.23. The van der Waals surface area contributed by atoms with E-state index in [-0.39, 0.29) is 12.0 Å². The summed E-state index contributed by atoms with van der Waals surface area (Å²) in [6.45, 7) is 0.705. The third-order valence-corrected chi connectivity index (χ3v) is 6.25. The van der Waals surface area contributed by atoms with Gasteiger partial charge in [-0.25, -0.2) is 14.7 Å². The highest BCUT2D eigenvalue weighted by Crippen LogP contribution is 2.36. The Labute approximate surface area is 199 Å². The highest BCUT2D eigenvalue weighted by Gasteiger charge is 2.24. The SMILES string of the molecule is CN(C)C=Nc1c(C(=O)c2ccnc3c2cnn3C2CCCCO2)cc(Br)c2ncccc12. The molecule has 0 aliphatic carbocycles. The number of pyridine rings is 2. The fraction of sp³-hybridized carbons (Fsp3) is 0.292. The molecule has 0 bridgehead atoms. The minimum Gasteiger partial charge on any atom is -0.369 e. The highest BCUT2D eigenvalue weighted by molar-refractivity contribution is 9.10. The van der Waals surface area contributed by atoms with Crippen LogP contribution in [0.3, 0.4) is 0 Å². The van der Waals surface area contributed by atoms with Crippen molar-refractivity contribution in [3.05, 3.63) is 58.5 Å². The summed E-state index contributed by atoms with van der Waals surface area (Å²) in [5, 5.41) is 6.02. The molecule has 0 saturated carbocycles. The van der Waals surface area contributed by atoms with E-state index in [0.29, 0.717) is 34.5 Å². The molecule has 9 heteroatoms. The van der Waals surface area contributed by atoms with Gasteiger partial charge in [0.15, 0.2) is 17.7 Å². The molecule has 1 atom stereocenters. The molecule has 1 saturated heterocycles. The molecule has 0 radical (unpaired) electrons. The van der Waals surface area contributed by atoms with E-state index in [4.69, 9.17) is 4.74 Å². The summed E-state index contributed by atoms with van der Waals surface area (Å²) in [6.07, 6.45) is 9.62. The number of nitrogens with zero attached hydrogens (tertiary/aromatic N) is 6. The molecule has 4 heterocycles. The molecule has 5 rings (SSSR count). The number of aromatic nitrogens is 4. The Morgan fingerprint density at radius 1 is 1.21 bits per heavy atom. The van der Waals surface area contributed by atoms with Crippen LogP contribution in [0.2, 0.25) is 0 Å². The zero-order valence-electron chi connectivity index (χ0n) is 18.4. The topological polar surface area (TPSA) is 85.5 Å². The molecule has 0 N–H and O–H groups in total. The van der Waals surface area contributed by atoms with Gasteiger partial charge >= 0.3 is 0 Å². The Morgan fingerprint density at radius 3 is 2.88 bits per heavy atom. The predicted molar refractivity (Wildman–Crippen MR) is 131 cm³/mol. The first-order chi connectivity index (χ1) is 16.0. The van der Waals surface area contributed by atoms with Crippen molar-refractivity contribution in [3.8, 4) is 0 Å². The third kappa shape index (κ3) is 4.02. The van der Waals surface area contributed by atoms with Crippen LogP contribution in [-0.4, -0.2) is 57.5 Å². The molecular formula is C24H23BrN6O2. The number of fused-ring (bicyclic) bond motifs is 2. The number of carbonyl (C=O) groups excluding carboxylic acids is 1. The van der Waals surface area contributed by atoms with Crippen molar-refractivity contribution in [1.29, 1.82) is 0 Å². The molecule has 1 aliphatic heterocycles. The van der Waals surface area contributed by atoms with Crippen LogP contribution in [0.15, 0.2) is 52.3 Å². The van der Waals surface area contributed by atoms with Gasteiger partial charge in [0, 0.05) is 48.5 Å². The number of benzene rings is 1. The van der Waals surface area contributed by atoms with Crippen molar-refractivity contribution in [2.24, 2.45) is 4.99 Å². The minimum absolute atomic E-state index is 0.149. The molecular weight excluding hydrogens is 484 g/mol. The first-order valence-corrected chi connectivity index (χ1v) is 11.6. The van der Waals surface area contributed by atoms with Crippen LogP contribution in [0.25, 0.3) is 21.9 Å². The summed E-state index contributed by atoms with van der Waals surface area (Å²) in [5.41, 5.74) is 2.98. The van der Waals surface area contributed by atoms with Gasteiger partial charge in [0.2, 0.25) is 0 Å². The lowest BCUT2D eigenvalue weighted by atomic mass is 9.98. The Kier molecular flexibility index (Phi) is 5.90. The maximum Gasteiger partial charge on any atom is 0.196 e. The number of halogens is 1. The van der Waals surface area contributed by atoms with E-state index < -0.39 is 0 Å². The summed E-state index contributed by atoms with van der Waals surface area (Å²) in [6, 6.07) is 7.30. The monoisotopic (exact) mass is 506 g/mol. The van der Waals surface area contributed by atoms with Gasteiger partial charge in [0.25, 0.3) is 0 Å². The van der Waals surface area contributed by atoms with Crippen LogP contribution >= 0.6 is 15.9 Å². The van der Waals surface area contributed by atoms with E-state index >= 15 is 0 Å². The van der Waals surface area contributed by atoms with Gasteiger partial charge in [-0.2, -0.15) is 5.10 Å². The number of ketones is 1. The molecule has 33 heavy (non-hydrogen) atoms. The van der Waals surface area contributed by atoms with Crippen LogP contribution in [0.5, 0.6) is 0 Å². The van der Waals surface area contributed by atoms with Gasteiger partial charge in [-0.3, -0.25) is 9.78 Å². The van der Waals surface area contributed by atoms with Gasteiger partial charge in [-0.15, -0.1) is 0 Å². The normalized spacial score (nSPS) is 16.6. The molecule has 1 aliphatic rings. The second-order valence-electron chi connectivity index (χ2n) is 8.20. The van der Waals surface area contributed by atoms with Crippen LogP contribution in [0.1, 0.15) is 41.4 Å². The molecule has 1 aromatic carbocycles. The van der Waals surface area contributed by atoms with Crippen molar-refractivity contribution in [1.82, 2.24) is 24.6 Å². The lowest BCUT2D eigenvalue weighted by molar-refractivity contribution is -0.0370. The minimum atomic E-state index is -0.157. The average Bonchev–Trinajstić information content (AvgIpc) is 3.28. The van der Waals surface area contributed by atoms with E-state index in [2.05, 4.69) is 36.0 Å². The lowest BCUT2D eigenvalue weighted by Crippen LogP contribution is -2.19. The summed E-state index contributed by atoms with van der Waals surface area (Å²) in [4.78, 5) is 29.3. The molecule has 168 valence electrons. The van der Waals surface area contributed by atoms with E-state index in [1.165, 1.54) is 0 Å². The average molecular weight is 507 g/mol. The molecule has 0 spiro atoms. The van der Waals surface area contributed by atoms with Crippen molar-refractivity contribution in [3.63, 3.8) is 0 Å². The van der Waals surface area contributed by atoms with Gasteiger partial charge in [0.1, 0.15) is 0 Å². The first kappa shape index (κ1) is 21.7. The van der Waals surface area contributed by atoms with Crippen LogP contribution in [0.4, 0.5) is 5.69 Å². The van der Waals surface area contributed by atoms with Gasteiger partial charge in [-0.1, -0.05) is 0 Å². The van der Waals surface area contributed by atoms with E-state index in [1.807, 2.05) is 31.1 Å². The van der Waals surface area contributed by atoms with Crippen LogP contribution < -0.4 is 0 Å². The van der Waals surface area contributed by atoms with Gasteiger partial charge in [-0.05, 0) is 59.5 Å². The summed E-state index contributed by atoms with van der Waals surface area (Å²) in [7, 11) is 3.77. The second kappa shape index (κ2) is 8.99. The third-order valence-electron chi connectivity index (χ3n) is 5.65. The van der Waals surface area contributed by atoms with Crippen molar-refractivity contribution in [2.75, 3.05) is 20.7 Å². The maximum atomic E-state index is 13.9. The molecule has 0 amide bonds. The summed E-state index contributed by atoms with van der Waals surface area (Å²) in [5.74, 6) is -0.149. The number of aliphatic imine (C=N–C) groups is 1. The number of hydrogen-bond donors (Lipinski definition) is 0. The van der Waals surface area contributed by atoms with Crippen molar-refractivity contribution in [2.45, 2.75) is 25.5 Å². The Bertz CT molecular complexity index is 1370. The fourth-order valence-electron chi connectivity index (χ4n) is 4.10. The number of carbonyl (C=O) groups is 1. The molecule has 4 aromatic rings. The fourth-order valence-corrected chi connectivity index (χ4v) is 4.64. The van der Waals surface area contributed by atoms with E-state index in [1.54, 1.807) is 41.7 Å². The largest absolute Gasteiger partial charge is 0.369 e. The standard InChI is InChI=1S/C24H23BrN6O2/c1-30(2)14-28-21-16-6-5-9-26-22(16)19(25)12-17(21)23(32)15-8-10-27-24-18(15)13-29-31(24)20-7-3-4-11-33-20/h5-6,8-10,12-14,20H,3-4,7,11H2,1-2H3. The first-order valence-electron chi connectivity index (χ1n) is 10.8. The quantitative estimate of drug-likeness (QED) is 0.217. The molecule has 3 aromatic heterocycles. The molecule has 1 fully saturated rings. The zero-order chi connectivity index (χ0) is 22.9. The zero-order valence-corrected chi connectivity index (χ0v) is 20.0. The van der Waals surface area contributed by atoms with Gasteiger partial charge in [0.05, 0.1) is 34.7 Å². The van der Waals surface area contributed by atoms with Crippen LogP contribution in [0, 0.1) is 0 Å². The van der Waals surface area contributed by atoms with Crippen molar-refractivity contribution >= 4 is 55.7 Å². The number of hydrogen-bond acceptors (Lipinski definition) is 6.